The summed E-state index contributed by atoms with van der Waals surface area (Å²) in [7, 11) is 0. The number of nitrogens with zero attached hydrogens (tertiary/aromatic N) is 1. The number of thioether (sulfide) groups is 1. The smallest absolute Gasteiger partial charge is 0.142 e. The van der Waals surface area contributed by atoms with E-state index in [1.54, 1.807) is 6.20 Å². The number of aromatic nitrogens is 1. The second-order valence-electron chi connectivity index (χ2n) is 3.32. The zero-order chi connectivity index (χ0) is 9.10. The molecule has 0 saturated carbocycles. The second-order valence-corrected chi connectivity index (χ2v) is 4.73. The summed E-state index contributed by atoms with van der Waals surface area (Å²) in [6.07, 6.45) is 5.36. The predicted molar refractivity (Wildman–Crippen MR) is 53.6 cm³/mol. The molecular weight excluding hydrogens is 184 g/mol. The normalized spacial score (nSPS) is 22.4. The fraction of sp³-hybridized carbons (Fsp3) is 0.667. The summed E-state index contributed by atoms with van der Waals surface area (Å²) in [5.41, 5.74) is 6.63. The van der Waals surface area contributed by atoms with Crippen LogP contribution in [0.2, 0.25) is 0 Å². The van der Waals surface area contributed by atoms with Crippen molar-refractivity contribution in [1.82, 2.24) is 5.16 Å². The monoisotopic (exact) mass is 198 g/mol. The van der Waals surface area contributed by atoms with Gasteiger partial charge < -0.3 is 10.3 Å². The molecular formula is C9H14N2OS. The maximum atomic E-state index is 5.56. The number of hydrogen-bond acceptors (Lipinski definition) is 4. The molecule has 0 aliphatic carbocycles. The lowest BCUT2D eigenvalue weighted by atomic mass is 10.1. The van der Waals surface area contributed by atoms with Gasteiger partial charge in [0.2, 0.25) is 0 Å². The molecule has 72 valence electrons. The van der Waals surface area contributed by atoms with E-state index in [9.17, 15) is 0 Å². The molecule has 3 nitrogen and oxygen atoms in total. The Morgan fingerprint density at radius 3 is 3.31 bits per heavy atom. The number of nitrogens with two attached hydrogens (primary N) is 1. The van der Waals surface area contributed by atoms with Crippen LogP contribution in [-0.4, -0.2) is 16.2 Å². The lowest BCUT2D eigenvalue weighted by Gasteiger charge is -2.05. The third-order valence-electron chi connectivity index (χ3n) is 2.39. The van der Waals surface area contributed by atoms with Crippen molar-refractivity contribution in [3.05, 3.63) is 17.5 Å². The standard InChI is InChI=1S/C9H14N2OS/c10-5-7-6-11-12-9(7)4-8-2-1-3-13-8/h6,8H,1-5,10H2. The van der Waals surface area contributed by atoms with Gasteiger partial charge >= 0.3 is 0 Å². The Kier molecular flexibility index (Phi) is 2.90. The minimum atomic E-state index is 0.538. The third-order valence-corrected chi connectivity index (χ3v) is 3.78. The molecule has 2 rings (SSSR count). The van der Waals surface area contributed by atoms with E-state index in [4.69, 9.17) is 10.3 Å². The summed E-state index contributed by atoms with van der Waals surface area (Å²) in [6, 6.07) is 0. The molecule has 1 aromatic rings. The van der Waals surface area contributed by atoms with Gasteiger partial charge in [0, 0.05) is 23.8 Å². The minimum absolute atomic E-state index is 0.538. The van der Waals surface area contributed by atoms with E-state index in [0.717, 1.165) is 23.0 Å². The molecule has 1 unspecified atom stereocenters. The van der Waals surface area contributed by atoms with Crippen molar-refractivity contribution in [3.63, 3.8) is 0 Å². The topological polar surface area (TPSA) is 52.0 Å². The quantitative estimate of drug-likeness (QED) is 0.801. The first-order valence-electron chi connectivity index (χ1n) is 4.64. The van der Waals surface area contributed by atoms with E-state index in [1.165, 1.54) is 18.6 Å². The van der Waals surface area contributed by atoms with E-state index in [0.29, 0.717) is 6.54 Å². The van der Waals surface area contributed by atoms with Crippen LogP contribution in [-0.2, 0) is 13.0 Å². The van der Waals surface area contributed by atoms with Crippen molar-refractivity contribution in [2.24, 2.45) is 5.73 Å². The largest absolute Gasteiger partial charge is 0.361 e. The van der Waals surface area contributed by atoms with Gasteiger partial charge in [0.1, 0.15) is 5.76 Å². The highest BCUT2D eigenvalue weighted by Gasteiger charge is 2.19. The van der Waals surface area contributed by atoms with E-state index < -0.39 is 0 Å². The summed E-state index contributed by atoms with van der Waals surface area (Å²) < 4.78 is 5.17. The molecule has 0 radical (unpaired) electrons. The molecule has 0 spiro atoms. The van der Waals surface area contributed by atoms with Crippen molar-refractivity contribution >= 4 is 11.8 Å². The van der Waals surface area contributed by atoms with Gasteiger partial charge in [0.25, 0.3) is 0 Å². The molecule has 2 N–H and O–H groups in total. The maximum Gasteiger partial charge on any atom is 0.142 e. The van der Waals surface area contributed by atoms with Gasteiger partial charge in [-0.05, 0) is 18.6 Å². The van der Waals surface area contributed by atoms with Crippen molar-refractivity contribution in [2.45, 2.75) is 31.1 Å². The SMILES string of the molecule is NCc1cnoc1CC1CCCS1. The zero-order valence-corrected chi connectivity index (χ0v) is 8.35. The average molecular weight is 198 g/mol. The molecule has 1 fully saturated rings. The van der Waals surface area contributed by atoms with Gasteiger partial charge in [-0.25, -0.2) is 0 Å². The molecule has 0 aromatic carbocycles. The van der Waals surface area contributed by atoms with Crippen molar-refractivity contribution in [3.8, 4) is 0 Å². The Bertz CT molecular complexity index is 268. The van der Waals surface area contributed by atoms with Crippen molar-refractivity contribution < 1.29 is 4.52 Å². The molecule has 1 atom stereocenters. The Labute approximate surface area is 82.0 Å². The highest BCUT2D eigenvalue weighted by atomic mass is 32.2. The van der Waals surface area contributed by atoms with Crippen LogP contribution in [0.15, 0.2) is 10.7 Å². The molecule has 0 amide bonds. The van der Waals surface area contributed by atoms with Gasteiger partial charge in [-0.15, -0.1) is 0 Å². The molecule has 1 aromatic heterocycles. The highest BCUT2D eigenvalue weighted by Crippen LogP contribution is 2.29. The average Bonchev–Trinajstić information content (AvgIpc) is 2.76. The Morgan fingerprint density at radius 2 is 2.62 bits per heavy atom. The van der Waals surface area contributed by atoms with E-state index in [1.807, 2.05) is 11.8 Å². The summed E-state index contributed by atoms with van der Waals surface area (Å²) in [4.78, 5) is 0. The van der Waals surface area contributed by atoms with Crippen LogP contribution < -0.4 is 5.73 Å². The first-order valence-corrected chi connectivity index (χ1v) is 5.69. The van der Waals surface area contributed by atoms with Crippen LogP contribution in [0.5, 0.6) is 0 Å². The van der Waals surface area contributed by atoms with Crippen molar-refractivity contribution in [2.75, 3.05) is 5.75 Å². The lowest BCUT2D eigenvalue weighted by molar-refractivity contribution is 0.380. The minimum Gasteiger partial charge on any atom is -0.361 e. The van der Waals surface area contributed by atoms with Gasteiger partial charge in [-0.1, -0.05) is 5.16 Å². The number of hydrogen-bond donors (Lipinski definition) is 1. The Morgan fingerprint density at radius 1 is 1.69 bits per heavy atom. The highest BCUT2D eigenvalue weighted by molar-refractivity contribution is 8.00. The Hall–Kier alpha value is -0.480. The summed E-state index contributed by atoms with van der Waals surface area (Å²) >= 11 is 2.03. The van der Waals surface area contributed by atoms with Gasteiger partial charge in [-0.3, -0.25) is 0 Å². The fourth-order valence-corrected chi connectivity index (χ4v) is 2.90. The second kappa shape index (κ2) is 4.15. The molecule has 2 heterocycles. The van der Waals surface area contributed by atoms with Gasteiger partial charge in [0.15, 0.2) is 0 Å². The van der Waals surface area contributed by atoms with E-state index in [-0.39, 0.29) is 0 Å². The fourth-order valence-electron chi connectivity index (χ4n) is 1.63. The molecule has 1 saturated heterocycles. The summed E-state index contributed by atoms with van der Waals surface area (Å²) in [5, 5.41) is 4.49. The molecule has 13 heavy (non-hydrogen) atoms. The molecule has 1 aliphatic heterocycles. The molecule has 4 heteroatoms. The summed E-state index contributed by atoms with van der Waals surface area (Å²) in [5.74, 6) is 2.28. The van der Waals surface area contributed by atoms with E-state index in [2.05, 4.69) is 5.16 Å². The van der Waals surface area contributed by atoms with E-state index >= 15 is 0 Å². The third kappa shape index (κ3) is 2.06. The Balaban J connectivity index is 1.99. The predicted octanol–water partition coefficient (Wildman–Crippen LogP) is 1.57. The van der Waals surface area contributed by atoms with Crippen molar-refractivity contribution in [1.29, 1.82) is 0 Å². The van der Waals surface area contributed by atoms with Gasteiger partial charge in [0.05, 0.1) is 6.20 Å². The lowest BCUT2D eigenvalue weighted by Crippen LogP contribution is -2.05. The first-order chi connectivity index (χ1) is 6.40. The van der Waals surface area contributed by atoms with Crippen LogP contribution >= 0.6 is 11.8 Å². The first kappa shape index (κ1) is 9.09. The van der Waals surface area contributed by atoms with Gasteiger partial charge in [-0.2, -0.15) is 11.8 Å². The maximum absolute atomic E-state index is 5.56. The zero-order valence-electron chi connectivity index (χ0n) is 7.53. The van der Waals surface area contributed by atoms with Crippen LogP contribution in [0, 0.1) is 0 Å². The molecule has 1 aliphatic rings. The molecule has 0 bridgehead atoms. The van der Waals surface area contributed by atoms with Crippen LogP contribution in [0.3, 0.4) is 0 Å². The number of rotatable bonds is 3. The van der Waals surface area contributed by atoms with Crippen LogP contribution in [0.25, 0.3) is 0 Å². The van der Waals surface area contributed by atoms with Crippen LogP contribution in [0.1, 0.15) is 24.2 Å². The van der Waals surface area contributed by atoms with Crippen LogP contribution in [0.4, 0.5) is 0 Å². The summed E-state index contributed by atoms with van der Waals surface area (Å²) in [6.45, 7) is 0.538.